The topological polar surface area (TPSA) is 58.2 Å². The number of fused-ring (bicyclic) bond motifs is 1. The Bertz CT molecular complexity index is 698. The maximum atomic E-state index is 12.5. The molecule has 1 aromatic heterocycles. The van der Waals surface area contributed by atoms with Gasteiger partial charge in [-0.15, -0.1) is 11.3 Å². The van der Waals surface area contributed by atoms with Crippen molar-refractivity contribution in [3.63, 3.8) is 0 Å². The summed E-state index contributed by atoms with van der Waals surface area (Å²) in [7, 11) is 1.58. The lowest BCUT2D eigenvalue weighted by Gasteiger charge is -2.09. The normalized spacial score (nSPS) is 13.3. The molecule has 0 saturated heterocycles. The molecule has 0 aliphatic heterocycles. The van der Waals surface area contributed by atoms with Crippen molar-refractivity contribution in [3.8, 4) is 0 Å². The molecular weight excluding hydrogens is 296 g/mol. The second kappa shape index (κ2) is 6.32. The number of thiophene rings is 1. The number of rotatable bonds is 3. The molecule has 1 aromatic carbocycles. The van der Waals surface area contributed by atoms with Gasteiger partial charge in [0, 0.05) is 11.9 Å². The number of hydrogen-bond donors (Lipinski definition) is 2. The summed E-state index contributed by atoms with van der Waals surface area (Å²) in [5.74, 6) is -0.350. The molecule has 0 radical (unpaired) electrons. The first kappa shape index (κ1) is 14.8. The van der Waals surface area contributed by atoms with E-state index >= 15 is 0 Å². The average Bonchev–Trinajstić information content (AvgIpc) is 2.99. The summed E-state index contributed by atoms with van der Waals surface area (Å²) in [5, 5.41) is 5.45. The lowest BCUT2D eigenvalue weighted by Crippen LogP contribution is -2.21. The molecule has 2 aromatic rings. The second-order valence-electron chi connectivity index (χ2n) is 5.35. The van der Waals surface area contributed by atoms with E-state index in [2.05, 4.69) is 10.6 Å². The Labute approximate surface area is 133 Å². The van der Waals surface area contributed by atoms with Crippen molar-refractivity contribution in [2.45, 2.75) is 25.7 Å². The van der Waals surface area contributed by atoms with Crippen LogP contribution in [-0.2, 0) is 12.8 Å². The van der Waals surface area contributed by atoms with E-state index in [4.69, 9.17) is 0 Å². The molecular formula is C17H18N2O2S. The van der Waals surface area contributed by atoms with Gasteiger partial charge in [0.2, 0.25) is 0 Å². The van der Waals surface area contributed by atoms with E-state index in [-0.39, 0.29) is 11.8 Å². The van der Waals surface area contributed by atoms with E-state index in [0.29, 0.717) is 11.3 Å². The molecule has 2 amide bonds. The lowest BCUT2D eigenvalue weighted by molar-refractivity contribution is 0.0964. The lowest BCUT2D eigenvalue weighted by atomic mass is 9.99. The van der Waals surface area contributed by atoms with Crippen LogP contribution in [0.4, 0.5) is 5.69 Å². The van der Waals surface area contributed by atoms with E-state index in [1.807, 2.05) is 12.1 Å². The Hall–Kier alpha value is -2.14. The first-order valence-corrected chi connectivity index (χ1v) is 8.24. The monoisotopic (exact) mass is 314 g/mol. The summed E-state index contributed by atoms with van der Waals surface area (Å²) < 4.78 is 0. The standard InChI is InChI=1S/C17H18N2O2S/c1-18-16(20)12-7-3-4-8-13(12)19-17(21)15-10-11-6-2-5-9-14(11)22-15/h3-4,7-8,10H,2,5-6,9H2,1H3,(H,18,20)(H,19,21). The van der Waals surface area contributed by atoms with Crippen LogP contribution in [-0.4, -0.2) is 18.9 Å². The van der Waals surface area contributed by atoms with Gasteiger partial charge in [-0.25, -0.2) is 0 Å². The molecule has 0 bridgehead atoms. The highest BCUT2D eigenvalue weighted by Crippen LogP contribution is 2.30. The van der Waals surface area contributed by atoms with Gasteiger partial charge in [-0.1, -0.05) is 12.1 Å². The van der Waals surface area contributed by atoms with Gasteiger partial charge in [0.25, 0.3) is 11.8 Å². The minimum Gasteiger partial charge on any atom is -0.355 e. The Kier molecular flexibility index (Phi) is 4.24. The third-order valence-electron chi connectivity index (χ3n) is 3.87. The van der Waals surface area contributed by atoms with Crippen molar-refractivity contribution in [2.24, 2.45) is 0 Å². The summed E-state index contributed by atoms with van der Waals surface area (Å²) in [6, 6.07) is 9.03. The number of hydrogen-bond acceptors (Lipinski definition) is 3. The Balaban J connectivity index is 1.83. The third-order valence-corrected chi connectivity index (χ3v) is 5.10. The van der Waals surface area contributed by atoms with Crippen LogP contribution in [0.5, 0.6) is 0 Å². The molecule has 22 heavy (non-hydrogen) atoms. The number of carbonyl (C=O) groups excluding carboxylic acids is 2. The fourth-order valence-electron chi connectivity index (χ4n) is 2.71. The zero-order valence-electron chi connectivity index (χ0n) is 12.4. The zero-order valence-corrected chi connectivity index (χ0v) is 13.3. The molecule has 1 aliphatic carbocycles. The quantitative estimate of drug-likeness (QED) is 0.914. The molecule has 3 rings (SSSR count). The van der Waals surface area contributed by atoms with Crippen LogP contribution < -0.4 is 10.6 Å². The largest absolute Gasteiger partial charge is 0.355 e. The summed E-state index contributed by atoms with van der Waals surface area (Å²) >= 11 is 1.57. The third kappa shape index (κ3) is 2.90. The highest BCUT2D eigenvalue weighted by atomic mass is 32.1. The molecule has 0 atom stereocenters. The van der Waals surface area contributed by atoms with Gasteiger partial charge in [-0.3, -0.25) is 9.59 Å². The number of anilines is 1. The van der Waals surface area contributed by atoms with E-state index in [1.165, 1.54) is 23.3 Å². The second-order valence-corrected chi connectivity index (χ2v) is 6.48. The van der Waals surface area contributed by atoms with Crippen LogP contribution in [0.15, 0.2) is 30.3 Å². The Morgan fingerprint density at radius 1 is 1.09 bits per heavy atom. The van der Waals surface area contributed by atoms with Gasteiger partial charge in [0.1, 0.15) is 0 Å². The van der Waals surface area contributed by atoms with Crippen molar-refractivity contribution in [1.29, 1.82) is 0 Å². The van der Waals surface area contributed by atoms with Crippen LogP contribution >= 0.6 is 11.3 Å². The summed E-state index contributed by atoms with van der Waals surface area (Å²) in [4.78, 5) is 26.4. The summed E-state index contributed by atoms with van der Waals surface area (Å²) in [6.07, 6.45) is 4.54. The van der Waals surface area contributed by atoms with Crippen molar-refractivity contribution >= 4 is 28.8 Å². The van der Waals surface area contributed by atoms with Gasteiger partial charge >= 0.3 is 0 Å². The number of para-hydroxylation sites is 1. The molecule has 1 heterocycles. The maximum Gasteiger partial charge on any atom is 0.265 e. The van der Waals surface area contributed by atoms with Crippen LogP contribution in [0.2, 0.25) is 0 Å². The van der Waals surface area contributed by atoms with Gasteiger partial charge in [-0.05, 0) is 49.4 Å². The average molecular weight is 314 g/mol. The smallest absolute Gasteiger partial charge is 0.265 e. The minimum absolute atomic E-state index is 0.143. The summed E-state index contributed by atoms with van der Waals surface area (Å²) in [6.45, 7) is 0. The first-order chi connectivity index (χ1) is 10.7. The van der Waals surface area contributed by atoms with Crippen LogP contribution in [0.3, 0.4) is 0 Å². The van der Waals surface area contributed by atoms with E-state index < -0.39 is 0 Å². The van der Waals surface area contributed by atoms with E-state index in [1.54, 1.807) is 36.6 Å². The fourth-order valence-corrected chi connectivity index (χ4v) is 3.86. The molecule has 1 aliphatic rings. The van der Waals surface area contributed by atoms with Crippen LogP contribution in [0, 0.1) is 0 Å². The number of nitrogens with one attached hydrogen (secondary N) is 2. The predicted octanol–water partition coefficient (Wildman–Crippen LogP) is 3.24. The SMILES string of the molecule is CNC(=O)c1ccccc1NC(=O)c1cc2c(s1)CCCC2. The Morgan fingerprint density at radius 3 is 2.64 bits per heavy atom. The molecule has 0 fully saturated rings. The highest BCUT2D eigenvalue weighted by molar-refractivity contribution is 7.14. The molecule has 0 unspecified atom stereocenters. The highest BCUT2D eigenvalue weighted by Gasteiger charge is 2.18. The zero-order chi connectivity index (χ0) is 15.5. The van der Waals surface area contributed by atoms with Crippen molar-refractivity contribution in [3.05, 3.63) is 51.2 Å². The molecule has 2 N–H and O–H groups in total. The van der Waals surface area contributed by atoms with E-state index in [9.17, 15) is 9.59 Å². The van der Waals surface area contributed by atoms with Gasteiger partial charge < -0.3 is 10.6 Å². The summed E-state index contributed by atoms with van der Waals surface area (Å²) in [5.41, 5.74) is 2.32. The van der Waals surface area contributed by atoms with Crippen LogP contribution in [0.25, 0.3) is 0 Å². The number of amides is 2. The van der Waals surface area contributed by atoms with Crippen molar-refractivity contribution in [1.82, 2.24) is 5.32 Å². The molecule has 0 spiro atoms. The molecule has 0 saturated carbocycles. The fraction of sp³-hybridized carbons (Fsp3) is 0.294. The predicted molar refractivity (Wildman–Crippen MR) is 88.7 cm³/mol. The maximum absolute atomic E-state index is 12.5. The molecule has 4 nitrogen and oxygen atoms in total. The number of benzene rings is 1. The van der Waals surface area contributed by atoms with Crippen molar-refractivity contribution < 1.29 is 9.59 Å². The minimum atomic E-state index is -0.207. The van der Waals surface area contributed by atoms with Gasteiger partial charge in [0.05, 0.1) is 16.1 Å². The van der Waals surface area contributed by atoms with Gasteiger partial charge in [0.15, 0.2) is 0 Å². The van der Waals surface area contributed by atoms with Gasteiger partial charge in [-0.2, -0.15) is 0 Å². The first-order valence-electron chi connectivity index (χ1n) is 7.43. The van der Waals surface area contributed by atoms with Crippen molar-refractivity contribution in [2.75, 3.05) is 12.4 Å². The van der Waals surface area contributed by atoms with Crippen LogP contribution in [0.1, 0.15) is 43.3 Å². The van der Waals surface area contributed by atoms with E-state index in [0.717, 1.165) is 17.7 Å². The molecule has 114 valence electrons. The number of carbonyl (C=O) groups is 2. The Morgan fingerprint density at radius 2 is 1.86 bits per heavy atom. The number of aryl methyl sites for hydroxylation is 2. The molecule has 5 heteroatoms.